The van der Waals surface area contributed by atoms with Gasteiger partial charge in [0.25, 0.3) is 0 Å². The van der Waals surface area contributed by atoms with Gasteiger partial charge in [0.1, 0.15) is 11.8 Å². The molecule has 6 heteroatoms. The normalized spacial score (nSPS) is 24.3. The van der Waals surface area contributed by atoms with Crippen molar-refractivity contribution in [2.24, 2.45) is 0 Å². The number of aromatic amines is 1. The van der Waals surface area contributed by atoms with E-state index in [1.54, 1.807) is 12.7 Å². The Morgan fingerprint density at radius 3 is 3.06 bits per heavy atom. The first-order chi connectivity index (χ1) is 8.88. The first kappa shape index (κ1) is 11.8. The molecule has 1 fully saturated rings. The van der Waals surface area contributed by atoms with Gasteiger partial charge in [-0.25, -0.2) is 15.0 Å². The number of H-pyrrole nitrogens is 1. The average Bonchev–Trinajstić information content (AvgIpc) is 2.89. The molecular formula is C12H17N5S. The second-order valence-corrected chi connectivity index (χ2v) is 5.71. The van der Waals surface area contributed by atoms with Crippen molar-refractivity contribution in [1.82, 2.24) is 19.9 Å². The second kappa shape index (κ2) is 5.14. The zero-order chi connectivity index (χ0) is 12.4. The summed E-state index contributed by atoms with van der Waals surface area (Å²) in [6, 6.07) is 0.496. The highest BCUT2D eigenvalue weighted by Gasteiger charge is 2.25. The minimum atomic E-state index is 0.496. The Labute approximate surface area is 110 Å². The van der Waals surface area contributed by atoms with E-state index in [-0.39, 0.29) is 0 Å². The van der Waals surface area contributed by atoms with Crippen LogP contribution in [0.2, 0.25) is 0 Å². The second-order valence-electron chi connectivity index (χ2n) is 4.63. The number of fused-ring (bicyclic) bond motifs is 1. The quantitative estimate of drug-likeness (QED) is 0.890. The molecule has 0 aliphatic heterocycles. The number of anilines is 1. The van der Waals surface area contributed by atoms with Crippen LogP contribution in [0.1, 0.15) is 25.7 Å². The molecule has 1 saturated carbocycles. The summed E-state index contributed by atoms with van der Waals surface area (Å²) in [6.45, 7) is 0. The van der Waals surface area contributed by atoms with E-state index in [1.807, 2.05) is 11.8 Å². The summed E-state index contributed by atoms with van der Waals surface area (Å²) in [5, 5.41) is 4.24. The average molecular weight is 263 g/mol. The Bertz CT molecular complexity index is 526. The first-order valence-corrected chi connectivity index (χ1v) is 7.60. The molecule has 18 heavy (non-hydrogen) atoms. The van der Waals surface area contributed by atoms with Crippen LogP contribution in [0.5, 0.6) is 0 Å². The fraction of sp³-hybridized carbons (Fsp3) is 0.583. The highest BCUT2D eigenvalue weighted by Crippen LogP contribution is 2.30. The van der Waals surface area contributed by atoms with Gasteiger partial charge in [0, 0.05) is 11.3 Å². The van der Waals surface area contributed by atoms with Gasteiger partial charge < -0.3 is 10.3 Å². The summed E-state index contributed by atoms with van der Waals surface area (Å²) in [4.78, 5) is 15.7. The van der Waals surface area contributed by atoms with Crippen molar-refractivity contribution in [3.8, 4) is 0 Å². The molecule has 2 aromatic heterocycles. The fourth-order valence-corrected chi connectivity index (χ4v) is 3.53. The third kappa shape index (κ3) is 2.16. The smallest absolute Gasteiger partial charge is 0.182 e. The van der Waals surface area contributed by atoms with Crippen molar-refractivity contribution in [2.75, 3.05) is 11.6 Å². The van der Waals surface area contributed by atoms with Gasteiger partial charge in [-0.2, -0.15) is 11.8 Å². The third-order valence-electron chi connectivity index (χ3n) is 3.55. The number of hydrogen-bond donors (Lipinski definition) is 2. The van der Waals surface area contributed by atoms with E-state index >= 15 is 0 Å². The Hall–Kier alpha value is -1.30. The summed E-state index contributed by atoms with van der Waals surface area (Å²) >= 11 is 1.95. The minimum Gasteiger partial charge on any atom is -0.364 e. The van der Waals surface area contributed by atoms with Crippen LogP contribution in [0.25, 0.3) is 11.2 Å². The van der Waals surface area contributed by atoms with Crippen LogP contribution in [-0.2, 0) is 0 Å². The number of imidazole rings is 1. The van der Waals surface area contributed by atoms with Crippen LogP contribution in [0, 0.1) is 0 Å². The predicted octanol–water partition coefficient (Wildman–Crippen LogP) is 2.44. The van der Waals surface area contributed by atoms with Gasteiger partial charge in [-0.05, 0) is 19.1 Å². The molecule has 5 nitrogen and oxygen atoms in total. The van der Waals surface area contributed by atoms with Crippen molar-refractivity contribution >= 4 is 28.7 Å². The molecule has 0 aromatic carbocycles. The summed E-state index contributed by atoms with van der Waals surface area (Å²) in [5.41, 5.74) is 1.63. The summed E-state index contributed by atoms with van der Waals surface area (Å²) in [5.74, 6) is 0.878. The number of rotatable bonds is 3. The van der Waals surface area contributed by atoms with Gasteiger partial charge in [0.2, 0.25) is 0 Å². The molecular weight excluding hydrogens is 246 g/mol. The maximum absolute atomic E-state index is 4.34. The van der Waals surface area contributed by atoms with E-state index in [0.29, 0.717) is 11.3 Å². The fourth-order valence-electron chi connectivity index (χ4n) is 2.59. The monoisotopic (exact) mass is 263 g/mol. The van der Waals surface area contributed by atoms with Gasteiger partial charge in [0.15, 0.2) is 11.5 Å². The summed E-state index contributed by atoms with van der Waals surface area (Å²) < 4.78 is 0. The Kier molecular flexibility index (Phi) is 3.36. The molecule has 0 radical (unpaired) electrons. The van der Waals surface area contributed by atoms with Crippen LogP contribution < -0.4 is 5.32 Å². The van der Waals surface area contributed by atoms with Crippen molar-refractivity contribution in [3.63, 3.8) is 0 Å². The van der Waals surface area contributed by atoms with Crippen molar-refractivity contribution in [1.29, 1.82) is 0 Å². The standard InChI is InChI=1S/C12H17N5S/c1-18-9-5-3-2-4-8(9)17-12-10-11(14-6-13-10)15-7-16-12/h6-9H,2-5H2,1H3,(H2,13,14,15,16,17). The molecule has 0 saturated heterocycles. The lowest BCUT2D eigenvalue weighted by molar-refractivity contribution is 0.474. The SMILES string of the molecule is CSC1CCCCC1Nc1ncnc2nc[nH]c12. The molecule has 0 spiro atoms. The number of nitrogens with one attached hydrogen (secondary N) is 2. The number of nitrogens with zero attached hydrogens (tertiary/aromatic N) is 3. The highest BCUT2D eigenvalue weighted by atomic mass is 32.2. The van der Waals surface area contributed by atoms with E-state index in [2.05, 4.69) is 31.5 Å². The van der Waals surface area contributed by atoms with Gasteiger partial charge in [0.05, 0.1) is 6.33 Å². The van der Waals surface area contributed by atoms with Crippen LogP contribution in [-0.4, -0.2) is 37.5 Å². The van der Waals surface area contributed by atoms with Gasteiger partial charge in [-0.15, -0.1) is 0 Å². The van der Waals surface area contributed by atoms with Gasteiger partial charge >= 0.3 is 0 Å². The van der Waals surface area contributed by atoms with Crippen LogP contribution in [0.3, 0.4) is 0 Å². The molecule has 0 bridgehead atoms. The lowest BCUT2D eigenvalue weighted by Gasteiger charge is -2.31. The highest BCUT2D eigenvalue weighted by molar-refractivity contribution is 7.99. The van der Waals surface area contributed by atoms with E-state index in [9.17, 15) is 0 Å². The molecule has 96 valence electrons. The molecule has 2 heterocycles. The molecule has 2 unspecified atom stereocenters. The molecule has 0 amide bonds. The van der Waals surface area contributed by atoms with E-state index in [1.165, 1.54) is 25.7 Å². The van der Waals surface area contributed by atoms with Gasteiger partial charge in [-0.3, -0.25) is 0 Å². The number of hydrogen-bond acceptors (Lipinski definition) is 5. The lowest BCUT2D eigenvalue weighted by Crippen LogP contribution is -2.34. The largest absolute Gasteiger partial charge is 0.364 e. The third-order valence-corrected chi connectivity index (χ3v) is 4.72. The maximum atomic E-state index is 4.34. The van der Waals surface area contributed by atoms with Crippen LogP contribution in [0.15, 0.2) is 12.7 Å². The van der Waals surface area contributed by atoms with Crippen LogP contribution >= 0.6 is 11.8 Å². The predicted molar refractivity (Wildman–Crippen MR) is 74.9 cm³/mol. The summed E-state index contributed by atoms with van der Waals surface area (Å²) in [6.07, 6.45) is 10.6. The molecule has 2 N–H and O–H groups in total. The van der Waals surface area contributed by atoms with E-state index in [0.717, 1.165) is 17.0 Å². The topological polar surface area (TPSA) is 66.5 Å². The van der Waals surface area contributed by atoms with E-state index < -0.39 is 0 Å². The maximum Gasteiger partial charge on any atom is 0.182 e. The molecule has 2 atom stereocenters. The van der Waals surface area contributed by atoms with Crippen molar-refractivity contribution in [2.45, 2.75) is 37.0 Å². The Balaban J connectivity index is 1.84. The van der Waals surface area contributed by atoms with Crippen molar-refractivity contribution < 1.29 is 0 Å². The van der Waals surface area contributed by atoms with Gasteiger partial charge in [-0.1, -0.05) is 12.8 Å². The lowest BCUT2D eigenvalue weighted by atomic mass is 9.95. The Morgan fingerprint density at radius 2 is 2.17 bits per heavy atom. The number of thioether (sulfide) groups is 1. The molecule has 3 rings (SSSR count). The molecule has 1 aliphatic rings. The van der Waals surface area contributed by atoms with Crippen LogP contribution in [0.4, 0.5) is 5.82 Å². The zero-order valence-corrected chi connectivity index (χ0v) is 11.2. The summed E-state index contributed by atoms with van der Waals surface area (Å²) in [7, 11) is 0. The van der Waals surface area contributed by atoms with Crippen molar-refractivity contribution in [3.05, 3.63) is 12.7 Å². The minimum absolute atomic E-state index is 0.496. The Morgan fingerprint density at radius 1 is 1.28 bits per heavy atom. The number of aromatic nitrogens is 4. The molecule has 2 aromatic rings. The first-order valence-electron chi connectivity index (χ1n) is 6.32. The molecule has 1 aliphatic carbocycles. The van der Waals surface area contributed by atoms with E-state index in [4.69, 9.17) is 0 Å². The zero-order valence-electron chi connectivity index (χ0n) is 10.4.